The maximum atomic E-state index is 4.50. The Morgan fingerprint density at radius 3 is 2.38 bits per heavy atom. The maximum absolute atomic E-state index is 4.50. The summed E-state index contributed by atoms with van der Waals surface area (Å²) in [6.07, 6.45) is 1.63. The molecule has 2 heterocycles. The Balaban J connectivity index is 1.91. The van der Waals surface area contributed by atoms with Crippen molar-refractivity contribution < 1.29 is 0 Å². The predicted molar refractivity (Wildman–Crippen MR) is 102 cm³/mol. The number of para-hydroxylation sites is 1. The topological polar surface area (TPSA) is 37.8 Å². The van der Waals surface area contributed by atoms with Gasteiger partial charge in [0, 0.05) is 16.1 Å². The highest BCUT2D eigenvalue weighted by molar-refractivity contribution is 7.19. The third-order valence-corrected chi connectivity index (χ3v) is 5.05. The second-order valence-electron chi connectivity index (χ2n) is 5.79. The normalized spacial score (nSPS) is 10.9. The SMILES string of the molecule is Cc1ccc(-c2c(C)sc3ncnc(Nc4ccccc4)c23)cc1. The average molecular weight is 331 g/mol. The number of nitrogens with zero attached hydrogens (tertiary/aromatic N) is 2. The van der Waals surface area contributed by atoms with Gasteiger partial charge in [0.25, 0.3) is 0 Å². The van der Waals surface area contributed by atoms with Crippen LogP contribution in [0.1, 0.15) is 10.4 Å². The Kier molecular flexibility index (Phi) is 3.75. The van der Waals surface area contributed by atoms with E-state index in [0.717, 1.165) is 21.7 Å². The van der Waals surface area contributed by atoms with Gasteiger partial charge in [-0.1, -0.05) is 48.0 Å². The van der Waals surface area contributed by atoms with Crippen LogP contribution >= 0.6 is 11.3 Å². The van der Waals surface area contributed by atoms with Gasteiger partial charge in [0.2, 0.25) is 0 Å². The number of benzene rings is 2. The highest BCUT2D eigenvalue weighted by atomic mass is 32.1. The van der Waals surface area contributed by atoms with E-state index >= 15 is 0 Å². The molecule has 0 aliphatic rings. The number of rotatable bonds is 3. The van der Waals surface area contributed by atoms with Crippen LogP contribution in [0, 0.1) is 13.8 Å². The van der Waals surface area contributed by atoms with Crippen LogP contribution < -0.4 is 5.32 Å². The summed E-state index contributed by atoms with van der Waals surface area (Å²) in [7, 11) is 0. The number of nitrogens with one attached hydrogen (secondary N) is 1. The van der Waals surface area contributed by atoms with Crippen molar-refractivity contribution >= 4 is 33.1 Å². The van der Waals surface area contributed by atoms with E-state index in [1.807, 2.05) is 30.3 Å². The number of fused-ring (bicyclic) bond motifs is 1. The molecule has 0 aliphatic heterocycles. The van der Waals surface area contributed by atoms with Gasteiger partial charge in [-0.25, -0.2) is 9.97 Å². The number of hydrogen-bond donors (Lipinski definition) is 1. The molecule has 24 heavy (non-hydrogen) atoms. The molecule has 4 aromatic rings. The highest BCUT2D eigenvalue weighted by Crippen LogP contribution is 2.40. The van der Waals surface area contributed by atoms with Crippen LogP contribution in [0.25, 0.3) is 21.3 Å². The standard InChI is InChI=1S/C20H17N3S/c1-13-8-10-15(11-9-13)17-14(2)24-20-18(17)19(21-12-22-20)23-16-6-4-3-5-7-16/h3-12H,1-2H3,(H,21,22,23). The predicted octanol–water partition coefficient (Wildman–Crippen LogP) is 5.72. The Hall–Kier alpha value is -2.72. The van der Waals surface area contributed by atoms with Gasteiger partial charge in [-0.15, -0.1) is 11.3 Å². The van der Waals surface area contributed by atoms with Crippen molar-refractivity contribution in [3.63, 3.8) is 0 Å². The van der Waals surface area contributed by atoms with Crippen LogP contribution in [0.3, 0.4) is 0 Å². The largest absolute Gasteiger partial charge is 0.340 e. The summed E-state index contributed by atoms with van der Waals surface area (Å²) in [5, 5.41) is 4.53. The highest BCUT2D eigenvalue weighted by Gasteiger charge is 2.16. The van der Waals surface area contributed by atoms with E-state index in [1.54, 1.807) is 17.7 Å². The van der Waals surface area contributed by atoms with Crippen molar-refractivity contribution in [2.75, 3.05) is 5.32 Å². The summed E-state index contributed by atoms with van der Waals surface area (Å²) in [6.45, 7) is 4.25. The van der Waals surface area contributed by atoms with Gasteiger partial charge in [-0.05, 0) is 31.5 Å². The molecular weight excluding hydrogens is 314 g/mol. The van der Waals surface area contributed by atoms with E-state index in [2.05, 4.69) is 53.4 Å². The molecule has 0 aliphatic carbocycles. The molecular formula is C20H17N3S. The molecule has 0 saturated carbocycles. The lowest BCUT2D eigenvalue weighted by molar-refractivity contribution is 1.23. The van der Waals surface area contributed by atoms with Gasteiger partial charge in [-0.3, -0.25) is 0 Å². The minimum Gasteiger partial charge on any atom is -0.340 e. The second-order valence-corrected chi connectivity index (χ2v) is 7.00. The molecule has 1 N–H and O–H groups in total. The number of aryl methyl sites for hydroxylation is 2. The third-order valence-electron chi connectivity index (χ3n) is 4.04. The summed E-state index contributed by atoms with van der Waals surface area (Å²) in [6, 6.07) is 18.7. The molecule has 2 aromatic heterocycles. The number of thiophene rings is 1. The summed E-state index contributed by atoms with van der Waals surface area (Å²) >= 11 is 1.71. The molecule has 4 heteroatoms. The molecule has 4 rings (SSSR count). The second kappa shape index (κ2) is 6.06. The monoisotopic (exact) mass is 331 g/mol. The van der Waals surface area contributed by atoms with E-state index in [0.29, 0.717) is 0 Å². The number of anilines is 2. The molecule has 0 radical (unpaired) electrons. The average Bonchev–Trinajstić information content (AvgIpc) is 2.94. The first-order valence-electron chi connectivity index (χ1n) is 7.85. The minimum absolute atomic E-state index is 0.853. The van der Waals surface area contributed by atoms with Crippen molar-refractivity contribution in [3.8, 4) is 11.1 Å². The Labute approximate surface area is 145 Å². The van der Waals surface area contributed by atoms with Crippen LogP contribution in [0.2, 0.25) is 0 Å². The quantitative estimate of drug-likeness (QED) is 0.522. The van der Waals surface area contributed by atoms with Gasteiger partial charge in [0.1, 0.15) is 17.0 Å². The van der Waals surface area contributed by atoms with Gasteiger partial charge in [0.15, 0.2) is 0 Å². The summed E-state index contributed by atoms with van der Waals surface area (Å²) in [5.74, 6) is 0.853. The van der Waals surface area contributed by atoms with Crippen molar-refractivity contribution in [2.24, 2.45) is 0 Å². The van der Waals surface area contributed by atoms with Crippen molar-refractivity contribution in [1.29, 1.82) is 0 Å². The van der Waals surface area contributed by atoms with Crippen molar-refractivity contribution in [3.05, 3.63) is 71.4 Å². The molecule has 0 fully saturated rings. The van der Waals surface area contributed by atoms with E-state index in [9.17, 15) is 0 Å². The van der Waals surface area contributed by atoms with Gasteiger partial charge in [-0.2, -0.15) is 0 Å². The van der Waals surface area contributed by atoms with E-state index in [4.69, 9.17) is 0 Å². The van der Waals surface area contributed by atoms with Crippen LogP contribution in [-0.4, -0.2) is 9.97 Å². The van der Waals surface area contributed by atoms with Crippen molar-refractivity contribution in [2.45, 2.75) is 13.8 Å². The molecule has 0 amide bonds. The molecule has 3 nitrogen and oxygen atoms in total. The molecule has 0 saturated heterocycles. The van der Waals surface area contributed by atoms with E-state index < -0.39 is 0 Å². The van der Waals surface area contributed by atoms with E-state index in [1.165, 1.54) is 21.6 Å². The van der Waals surface area contributed by atoms with Gasteiger partial charge < -0.3 is 5.32 Å². The fourth-order valence-corrected chi connectivity index (χ4v) is 3.88. The minimum atomic E-state index is 0.853. The molecule has 2 aromatic carbocycles. The maximum Gasteiger partial charge on any atom is 0.143 e. The Morgan fingerprint density at radius 1 is 0.875 bits per heavy atom. The molecule has 0 unspecified atom stereocenters. The lowest BCUT2D eigenvalue weighted by Crippen LogP contribution is -1.95. The van der Waals surface area contributed by atoms with Gasteiger partial charge in [0.05, 0.1) is 5.39 Å². The smallest absolute Gasteiger partial charge is 0.143 e. The molecule has 0 atom stereocenters. The zero-order valence-electron chi connectivity index (χ0n) is 13.6. The lowest BCUT2D eigenvalue weighted by atomic mass is 10.0. The summed E-state index contributed by atoms with van der Waals surface area (Å²) in [5.41, 5.74) is 4.70. The lowest BCUT2D eigenvalue weighted by Gasteiger charge is -2.09. The van der Waals surface area contributed by atoms with Crippen LogP contribution in [0.5, 0.6) is 0 Å². The fourth-order valence-electron chi connectivity index (χ4n) is 2.87. The zero-order valence-corrected chi connectivity index (χ0v) is 14.4. The number of hydrogen-bond acceptors (Lipinski definition) is 4. The molecule has 0 spiro atoms. The fraction of sp³-hybridized carbons (Fsp3) is 0.100. The van der Waals surface area contributed by atoms with Crippen LogP contribution in [0.15, 0.2) is 60.9 Å². The number of aromatic nitrogens is 2. The summed E-state index contributed by atoms with van der Waals surface area (Å²) < 4.78 is 0. The first-order valence-corrected chi connectivity index (χ1v) is 8.67. The van der Waals surface area contributed by atoms with E-state index in [-0.39, 0.29) is 0 Å². The summed E-state index contributed by atoms with van der Waals surface area (Å²) in [4.78, 5) is 11.2. The third kappa shape index (κ3) is 2.65. The van der Waals surface area contributed by atoms with Crippen LogP contribution in [-0.2, 0) is 0 Å². The molecule has 118 valence electrons. The Morgan fingerprint density at radius 2 is 1.62 bits per heavy atom. The Bertz CT molecular complexity index is 989. The first kappa shape index (κ1) is 14.8. The zero-order chi connectivity index (χ0) is 16.5. The van der Waals surface area contributed by atoms with Gasteiger partial charge >= 0.3 is 0 Å². The molecule has 0 bridgehead atoms. The first-order chi connectivity index (χ1) is 11.7. The van der Waals surface area contributed by atoms with Crippen molar-refractivity contribution in [1.82, 2.24) is 9.97 Å². The van der Waals surface area contributed by atoms with Crippen LogP contribution in [0.4, 0.5) is 11.5 Å².